The highest BCUT2D eigenvalue weighted by molar-refractivity contribution is 7.89. The lowest BCUT2D eigenvalue weighted by atomic mass is 9.58. The quantitative estimate of drug-likeness (QED) is 0.347. The van der Waals surface area contributed by atoms with Crippen LogP contribution in [-0.2, 0) is 34.5 Å². The van der Waals surface area contributed by atoms with Crippen molar-refractivity contribution in [2.24, 2.45) is 5.41 Å². The Morgan fingerprint density at radius 2 is 1.73 bits per heavy atom. The first-order valence-corrected chi connectivity index (χ1v) is 13.7. The molecular formula is C27H29FN2O6S. The van der Waals surface area contributed by atoms with Crippen LogP contribution in [0.4, 0.5) is 10.1 Å². The summed E-state index contributed by atoms with van der Waals surface area (Å²) in [4.78, 5) is 27.0. The van der Waals surface area contributed by atoms with E-state index in [1.165, 1.54) is 34.6 Å². The van der Waals surface area contributed by atoms with E-state index in [0.717, 1.165) is 5.56 Å². The molecule has 1 saturated heterocycles. The number of hydrogen-bond donors (Lipinski definition) is 1. The monoisotopic (exact) mass is 528 g/mol. The Hall–Kier alpha value is -3.24. The summed E-state index contributed by atoms with van der Waals surface area (Å²) in [5.41, 5.74) is -0.717. The molecule has 0 aromatic heterocycles. The normalized spacial score (nSPS) is 25.7. The second-order valence-electron chi connectivity index (χ2n) is 9.80. The molecular weight excluding hydrogens is 499 g/mol. The predicted octanol–water partition coefficient (Wildman–Crippen LogP) is 3.66. The van der Waals surface area contributed by atoms with Gasteiger partial charge < -0.3 is 14.8 Å². The molecule has 5 rings (SSSR count). The van der Waals surface area contributed by atoms with Crippen LogP contribution in [0.3, 0.4) is 0 Å². The standard InChI is InChI=1S/C27H29FN2O6S/c1-5-35-24(31)26(25(32)36-6-2)14-22-17(4)27(15-26)20-13-18(28)9-12-21(20)29-23(27)30(22)37(33,34)19-10-7-16(3)8-11-19/h7-13,22-23,29H,4-6,14-15H2,1-3H3. The predicted molar refractivity (Wildman–Crippen MR) is 134 cm³/mol. The molecule has 2 heterocycles. The van der Waals surface area contributed by atoms with E-state index >= 15 is 0 Å². The third-order valence-corrected chi connectivity index (χ3v) is 9.70. The van der Waals surface area contributed by atoms with Gasteiger partial charge in [0.25, 0.3) is 0 Å². The minimum absolute atomic E-state index is 0.0247. The zero-order valence-electron chi connectivity index (χ0n) is 20.9. The maximum absolute atomic E-state index is 14.6. The summed E-state index contributed by atoms with van der Waals surface area (Å²) in [6, 6.07) is 9.63. The van der Waals surface area contributed by atoms with Gasteiger partial charge in [-0.2, -0.15) is 4.31 Å². The number of benzene rings is 2. The molecule has 2 aromatic rings. The Kier molecular flexibility index (Phi) is 5.95. The maximum Gasteiger partial charge on any atom is 0.323 e. The number of esters is 2. The van der Waals surface area contributed by atoms with Crippen LogP contribution in [0, 0.1) is 18.2 Å². The molecule has 3 atom stereocenters. The van der Waals surface area contributed by atoms with Gasteiger partial charge >= 0.3 is 11.9 Å². The van der Waals surface area contributed by atoms with Crippen LogP contribution in [0.1, 0.15) is 37.8 Å². The number of nitrogens with zero attached hydrogens (tertiary/aromatic N) is 1. The first-order chi connectivity index (χ1) is 17.5. The average molecular weight is 529 g/mol. The molecule has 10 heteroatoms. The molecule has 37 heavy (non-hydrogen) atoms. The molecule has 8 nitrogen and oxygen atoms in total. The zero-order valence-corrected chi connectivity index (χ0v) is 21.7. The molecule has 1 N–H and O–H groups in total. The summed E-state index contributed by atoms with van der Waals surface area (Å²) in [5, 5.41) is 3.25. The highest BCUT2D eigenvalue weighted by atomic mass is 32.2. The minimum Gasteiger partial charge on any atom is -0.465 e. The van der Waals surface area contributed by atoms with Gasteiger partial charge in [-0.3, -0.25) is 9.59 Å². The van der Waals surface area contributed by atoms with E-state index in [-0.39, 0.29) is 31.0 Å². The van der Waals surface area contributed by atoms with E-state index < -0.39 is 50.8 Å². The molecule has 1 spiro atoms. The Morgan fingerprint density at radius 1 is 1.11 bits per heavy atom. The van der Waals surface area contributed by atoms with Crippen LogP contribution < -0.4 is 5.32 Å². The summed E-state index contributed by atoms with van der Waals surface area (Å²) in [6.45, 7) is 9.44. The van der Waals surface area contributed by atoms with Gasteiger partial charge in [0, 0.05) is 5.69 Å². The van der Waals surface area contributed by atoms with Gasteiger partial charge in [-0.15, -0.1) is 0 Å². The van der Waals surface area contributed by atoms with E-state index in [0.29, 0.717) is 16.8 Å². The number of anilines is 1. The Labute approximate surface area is 215 Å². The molecule has 2 fully saturated rings. The Morgan fingerprint density at radius 3 is 2.32 bits per heavy atom. The SMILES string of the molecule is C=C1C2CC(C(=O)OCC)(C(=O)OCC)CC13c1cc(F)ccc1NC3N2S(=O)(=O)c1ccc(C)cc1. The van der Waals surface area contributed by atoms with Gasteiger partial charge in [0.2, 0.25) is 10.0 Å². The van der Waals surface area contributed by atoms with E-state index in [2.05, 4.69) is 11.9 Å². The number of halogens is 1. The van der Waals surface area contributed by atoms with Crippen LogP contribution in [0.2, 0.25) is 0 Å². The molecule has 1 aliphatic carbocycles. The van der Waals surface area contributed by atoms with E-state index in [1.54, 1.807) is 26.0 Å². The van der Waals surface area contributed by atoms with Crippen molar-refractivity contribution in [3.05, 3.63) is 71.6 Å². The van der Waals surface area contributed by atoms with Crippen LogP contribution in [0.25, 0.3) is 0 Å². The van der Waals surface area contributed by atoms with Gasteiger partial charge in [-0.1, -0.05) is 24.3 Å². The molecule has 0 amide bonds. The second-order valence-corrected chi connectivity index (χ2v) is 11.6. The van der Waals surface area contributed by atoms with Crippen molar-refractivity contribution in [1.82, 2.24) is 4.31 Å². The van der Waals surface area contributed by atoms with Gasteiger partial charge in [-0.25, -0.2) is 12.8 Å². The number of carbonyl (C=O) groups excluding carboxylic acids is 2. The Balaban J connectivity index is 1.75. The lowest BCUT2D eigenvalue weighted by Gasteiger charge is -2.43. The number of sulfonamides is 1. The number of hydrogen-bond acceptors (Lipinski definition) is 7. The van der Waals surface area contributed by atoms with E-state index in [9.17, 15) is 22.4 Å². The topological polar surface area (TPSA) is 102 Å². The smallest absolute Gasteiger partial charge is 0.323 e. The summed E-state index contributed by atoms with van der Waals surface area (Å²) in [7, 11) is -4.14. The van der Waals surface area contributed by atoms with Gasteiger partial charge in [0.05, 0.1) is 29.6 Å². The first-order valence-electron chi connectivity index (χ1n) is 12.2. The van der Waals surface area contributed by atoms with Gasteiger partial charge in [0.1, 0.15) is 12.0 Å². The number of aryl methyl sites for hydroxylation is 1. The third-order valence-electron chi connectivity index (χ3n) is 7.81. The fourth-order valence-corrected chi connectivity index (χ4v) is 7.93. The van der Waals surface area contributed by atoms with Crippen LogP contribution >= 0.6 is 0 Å². The summed E-state index contributed by atoms with van der Waals surface area (Å²) < 4.78 is 54.8. The molecule has 3 unspecified atom stereocenters. The highest BCUT2D eigenvalue weighted by Gasteiger charge is 2.72. The molecule has 196 valence electrons. The average Bonchev–Trinajstić information content (AvgIpc) is 3.20. The second kappa shape index (κ2) is 8.66. The van der Waals surface area contributed by atoms with E-state index in [4.69, 9.17) is 9.47 Å². The van der Waals surface area contributed by atoms with Gasteiger partial charge in [0.15, 0.2) is 5.41 Å². The first kappa shape index (κ1) is 25.4. The lowest BCUT2D eigenvalue weighted by molar-refractivity contribution is -0.175. The number of ether oxygens (including phenoxy) is 2. The number of carbonyl (C=O) groups is 2. The number of fused-ring (bicyclic) bond motifs is 2. The van der Waals surface area contributed by atoms with Crippen LogP contribution in [-0.4, -0.2) is 50.1 Å². The number of nitrogens with one attached hydrogen (secondary N) is 1. The van der Waals surface area contributed by atoms with Crippen molar-refractivity contribution in [2.45, 2.75) is 56.1 Å². The molecule has 2 aromatic carbocycles. The summed E-state index contributed by atoms with van der Waals surface area (Å²) in [6.07, 6.45) is -1.29. The Bertz CT molecular complexity index is 1390. The minimum atomic E-state index is -4.14. The van der Waals surface area contributed by atoms with Crippen molar-refractivity contribution in [1.29, 1.82) is 0 Å². The third kappa shape index (κ3) is 3.45. The van der Waals surface area contributed by atoms with Crippen molar-refractivity contribution in [3.8, 4) is 0 Å². The van der Waals surface area contributed by atoms with E-state index in [1.807, 2.05) is 6.92 Å². The molecule has 1 saturated carbocycles. The lowest BCUT2D eigenvalue weighted by Crippen LogP contribution is -2.53. The van der Waals surface area contributed by atoms with Crippen molar-refractivity contribution >= 4 is 27.6 Å². The van der Waals surface area contributed by atoms with Crippen LogP contribution in [0.15, 0.2) is 59.5 Å². The van der Waals surface area contributed by atoms with Crippen molar-refractivity contribution < 1.29 is 31.9 Å². The highest BCUT2D eigenvalue weighted by Crippen LogP contribution is 2.65. The molecule has 3 aliphatic rings. The van der Waals surface area contributed by atoms with Crippen molar-refractivity contribution in [3.63, 3.8) is 0 Å². The van der Waals surface area contributed by atoms with Crippen LogP contribution in [0.5, 0.6) is 0 Å². The fraction of sp³-hybridized carbons (Fsp3) is 0.407. The molecule has 0 radical (unpaired) electrons. The fourth-order valence-electron chi connectivity index (χ4n) is 6.16. The zero-order chi connectivity index (χ0) is 26.8. The number of rotatable bonds is 6. The summed E-state index contributed by atoms with van der Waals surface area (Å²) >= 11 is 0. The molecule has 2 aliphatic heterocycles. The van der Waals surface area contributed by atoms with Gasteiger partial charge in [-0.05, 0) is 75.1 Å². The maximum atomic E-state index is 14.6. The largest absolute Gasteiger partial charge is 0.465 e. The summed E-state index contributed by atoms with van der Waals surface area (Å²) in [5.74, 6) is -2.10. The van der Waals surface area contributed by atoms with Crippen molar-refractivity contribution in [2.75, 3.05) is 18.5 Å². The molecule has 2 bridgehead atoms.